The number of benzene rings is 1. The molecule has 50 heavy (non-hydrogen) atoms. The van der Waals surface area contributed by atoms with E-state index in [2.05, 4.69) is 27.8 Å². The van der Waals surface area contributed by atoms with Crippen LogP contribution in [0, 0.1) is 18.4 Å². The summed E-state index contributed by atoms with van der Waals surface area (Å²) in [6.45, 7) is 0.563. The molecule has 5 atom stereocenters. The topological polar surface area (TPSA) is 213 Å². The summed E-state index contributed by atoms with van der Waals surface area (Å²) in [5, 5.41) is 11.0. The molecule has 5 N–H and O–H groups in total. The summed E-state index contributed by atoms with van der Waals surface area (Å²) in [4.78, 5) is 36.7. The fraction of sp³-hybridized carbons (Fsp3) is 0.545. The summed E-state index contributed by atoms with van der Waals surface area (Å²) >= 11 is 0. The van der Waals surface area contributed by atoms with Gasteiger partial charge in [-0.15, -0.1) is 6.42 Å². The van der Waals surface area contributed by atoms with Gasteiger partial charge in [-0.2, -0.15) is 14.4 Å². The summed E-state index contributed by atoms with van der Waals surface area (Å²) in [6.07, 6.45) is 11.7. The number of rotatable bonds is 20. The maximum Gasteiger partial charge on any atom is 0.533 e. The van der Waals surface area contributed by atoms with Crippen LogP contribution in [-0.4, -0.2) is 74.1 Å². The first kappa shape index (κ1) is 38.8. The average Bonchev–Trinajstić information content (AvgIpc) is 3.67. The van der Waals surface area contributed by atoms with E-state index in [0.29, 0.717) is 12.0 Å². The molecule has 0 amide bonds. The molecule has 0 aliphatic carbocycles. The number of hydrogen-bond acceptors (Lipinski definition) is 14. The molecule has 0 bridgehead atoms. The summed E-state index contributed by atoms with van der Waals surface area (Å²) in [5.41, 5.74) is 10.6. The van der Waals surface area contributed by atoms with E-state index in [1.54, 1.807) is 30.3 Å². The normalized spacial score (nSPS) is 20.6. The van der Waals surface area contributed by atoms with E-state index in [0.717, 1.165) is 19.3 Å². The monoisotopic (exact) mass is 718 g/mol. The van der Waals surface area contributed by atoms with Gasteiger partial charge in [0.05, 0.1) is 12.9 Å². The number of halogens is 1. The van der Waals surface area contributed by atoms with Crippen molar-refractivity contribution in [1.29, 1.82) is 0 Å². The number of ether oxygens (including phenoxy) is 2. The van der Waals surface area contributed by atoms with Gasteiger partial charge in [0, 0.05) is 6.42 Å². The number of aliphatic hydroxyl groups is 1. The third-order valence-corrected chi connectivity index (χ3v) is 9.42. The molecular formula is C33H44FN6O9P. The second kappa shape index (κ2) is 18.3. The molecule has 0 spiro atoms. The van der Waals surface area contributed by atoms with Crippen molar-refractivity contribution in [2.24, 2.45) is 5.73 Å². The number of terminal acetylenes is 1. The number of anilines is 1. The van der Waals surface area contributed by atoms with Crippen molar-refractivity contribution in [3.8, 4) is 12.3 Å². The first-order valence-corrected chi connectivity index (χ1v) is 18.0. The molecule has 272 valence electrons. The van der Waals surface area contributed by atoms with E-state index in [1.165, 1.54) is 36.6 Å². The Morgan fingerprint density at radius 1 is 1.16 bits per heavy atom. The fourth-order valence-corrected chi connectivity index (χ4v) is 6.48. The van der Waals surface area contributed by atoms with Crippen LogP contribution in [0.2, 0.25) is 0 Å². The zero-order valence-electron chi connectivity index (χ0n) is 27.9. The number of nitrogens with zero attached hydrogens (tertiary/aromatic N) is 4. The molecule has 1 aliphatic rings. The van der Waals surface area contributed by atoms with Crippen molar-refractivity contribution < 1.29 is 46.7 Å². The van der Waals surface area contributed by atoms with E-state index < -0.39 is 63.0 Å². The Bertz CT molecular complexity index is 1670. The van der Waals surface area contributed by atoms with Gasteiger partial charge in [0.15, 0.2) is 29.2 Å². The van der Waals surface area contributed by atoms with Gasteiger partial charge in [0.25, 0.3) is 0 Å². The van der Waals surface area contributed by atoms with Crippen LogP contribution in [0.15, 0.2) is 36.7 Å². The van der Waals surface area contributed by atoms with E-state index in [1.807, 2.05) is 0 Å². The van der Waals surface area contributed by atoms with Crippen LogP contribution in [-0.2, 0) is 43.6 Å². The Morgan fingerprint density at radius 3 is 2.56 bits per heavy atom. The molecule has 1 aliphatic heterocycles. The maximum atomic E-state index is 14.0. The highest BCUT2D eigenvalue weighted by molar-refractivity contribution is 7.49. The Kier molecular flexibility index (Phi) is 14.2. The van der Waals surface area contributed by atoms with E-state index in [-0.39, 0.29) is 36.4 Å². The summed E-state index contributed by atoms with van der Waals surface area (Å²) < 4.78 is 56.1. The highest BCUT2D eigenvalue weighted by Gasteiger charge is 2.51. The molecule has 1 aromatic carbocycles. The smallest absolute Gasteiger partial charge is 0.464 e. The van der Waals surface area contributed by atoms with Gasteiger partial charge in [-0.1, -0.05) is 88.1 Å². The molecular weight excluding hydrogens is 674 g/mol. The number of phosphoric acid groups is 1. The van der Waals surface area contributed by atoms with Crippen molar-refractivity contribution in [3.05, 3.63) is 48.3 Å². The largest absolute Gasteiger partial charge is 0.533 e. The molecule has 1 fully saturated rings. The lowest BCUT2D eigenvalue weighted by Crippen LogP contribution is -2.42. The first-order chi connectivity index (χ1) is 24.0. The number of carbonyl (C=O) groups excluding carboxylic acids is 2. The van der Waals surface area contributed by atoms with Crippen LogP contribution in [0.4, 0.5) is 10.2 Å². The van der Waals surface area contributed by atoms with Gasteiger partial charge in [0.1, 0.15) is 25.0 Å². The minimum absolute atomic E-state index is 0.0261. The molecule has 1 saturated heterocycles. The van der Waals surface area contributed by atoms with Gasteiger partial charge < -0.3 is 30.6 Å². The minimum Gasteiger partial charge on any atom is -0.464 e. The van der Waals surface area contributed by atoms with Crippen LogP contribution in [0.3, 0.4) is 0 Å². The number of nitrogens with two attached hydrogens (primary N) is 2. The van der Waals surface area contributed by atoms with Crippen LogP contribution in [0.1, 0.15) is 76.5 Å². The number of phosphoric ester groups is 1. The molecule has 17 heteroatoms. The average molecular weight is 719 g/mol. The highest BCUT2D eigenvalue weighted by atomic mass is 31.2. The molecule has 2 aromatic heterocycles. The quantitative estimate of drug-likeness (QED) is 0.0493. The molecule has 0 radical (unpaired) electrons. The number of aromatic nitrogens is 4. The van der Waals surface area contributed by atoms with Crippen LogP contribution < -0.4 is 11.5 Å². The number of unbranched alkanes of at least 4 members (excludes halogenated alkanes) is 7. The molecule has 3 aromatic rings. The summed E-state index contributed by atoms with van der Waals surface area (Å²) in [5.74, 6) is 0.0748. The number of imidazole rings is 1. The van der Waals surface area contributed by atoms with E-state index in [4.69, 9.17) is 40.9 Å². The standard InChI is InChI=1S/C33H44FN6O9P/c1-3-5-6-7-8-9-10-14-17-45-27(42)20-46-50(44,49-31(43)24(35)18-23-15-12-11-13-16-23)47-21-33(4-2)25(41)19-26(48-33)40-22-37-28-29(36)38-32(34)39-30(28)40/h2,11-13,15-16,22,24-26,41H,3,5-10,14,17-21,35H2,1H3,(H2,36,38,39)/t24?,25-,26+,33+,50+/m0/s1. The number of hydrogen-bond donors (Lipinski definition) is 3. The lowest BCUT2D eigenvalue weighted by molar-refractivity contribution is -0.149. The van der Waals surface area contributed by atoms with E-state index in [9.17, 15) is 23.7 Å². The van der Waals surface area contributed by atoms with Crippen molar-refractivity contribution in [3.63, 3.8) is 0 Å². The van der Waals surface area contributed by atoms with Gasteiger partial charge in [-0.3, -0.25) is 13.6 Å². The predicted octanol–water partition coefficient (Wildman–Crippen LogP) is 4.14. The number of nitrogen functional groups attached to an aromatic ring is 1. The first-order valence-electron chi connectivity index (χ1n) is 16.6. The van der Waals surface area contributed by atoms with Gasteiger partial charge in [-0.05, 0) is 18.4 Å². The molecule has 3 heterocycles. The fourth-order valence-electron chi connectivity index (χ4n) is 5.33. The van der Waals surface area contributed by atoms with Crippen molar-refractivity contribution in [2.45, 2.75) is 95.1 Å². The number of fused-ring (bicyclic) bond motifs is 1. The van der Waals surface area contributed by atoms with Crippen LogP contribution in [0.25, 0.3) is 11.2 Å². The highest BCUT2D eigenvalue weighted by Crippen LogP contribution is 2.52. The number of aliphatic hydroxyl groups excluding tert-OH is 1. The predicted molar refractivity (Wildman–Crippen MR) is 179 cm³/mol. The third-order valence-electron chi connectivity index (χ3n) is 8.13. The van der Waals surface area contributed by atoms with Gasteiger partial charge in [-0.25, -0.2) is 19.1 Å². The number of carbonyl (C=O) groups is 2. The minimum atomic E-state index is -4.94. The van der Waals surface area contributed by atoms with E-state index >= 15 is 0 Å². The zero-order valence-corrected chi connectivity index (χ0v) is 28.8. The SMILES string of the molecule is C#C[C@]1(CO[P@@](=O)(OCC(=O)OCCCCCCCCCC)OC(=O)C(N)Cc2ccccc2)O[C@@H](n2cnc3c(N)nc(F)nc32)C[C@@H]1O. The van der Waals surface area contributed by atoms with Crippen molar-refractivity contribution in [2.75, 3.05) is 25.6 Å². The summed E-state index contributed by atoms with van der Waals surface area (Å²) in [7, 11) is -4.94. The van der Waals surface area contributed by atoms with Crippen molar-refractivity contribution in [1.82, 2.24) is 19.5 Å². The maximum absolute atomic E-state index is 14.0. The molecule has 0 saturated carbocycles. The Labute approximate surface area is 289 Å². The zero-order chi connectivity index (χ0) is 36.1. The third kappa shape index (κ3) is 10.5. The second-order valence-electron chi connectivity index (χ2n) is 12.0. The summed E-state index contributed by atoms with van der Waals surface area (Å²) in [6, 6.07) is 7.51. The number of esters is 1. The molecule has 4 rings (SSSR count). The van der Waals surface area contributed by atoms with Gasteiger partial charge >= 0.3 is 25.8 Å². The lowest BCUT2D eigenvalue weighted by atomic mass is 9.99. The van der Waals surface area contributed by atoms with Crippen LogP contribution >= 0.6 is 7.82 Å². The van der Waals surface area contributed by atoms with Crippen LogP contribution in [0.5, 0.6) is 0 Å². The molecule has 1 unspecified atom stereocenters. The second-order valence-corrected chi connectivity index (χ2v) is 13.5. The van der Waals surface area contributed by atoms with Gasteiger partial charge in [0.2, 0.25) is 0 Å². The van der Waals surface area contributed by atoms with Crippen molar-refractivity contribution >= 4 is 36.7 Å². The Hall–Kier alpha value is -3.97. The Morgan fingerprint density at radius 2 is 1.86 bits per heavy atom. The Balaban J connectivity index is 1.40. The lowest BCUT2D eigenvalue weighted by Gasteiger charge is -2.28. The molecule has 15 nitrogen and oxygen atoms in total.